The quantitative estimate of drug-likeness (QED) is 0.343. The SMILES string of the molecule is O=C(O)CNC(=O)c1c(O)c(C(=O)Nc2ccccn2)c(=O)n(Cc2ccccc2Cl)c1O. The summed E-state index contributed by atoms with van der Waals surface area (Å²) in [6, 6.07) is 10.9. The van der Waals surface area contributed by atoms with Crippen LogP contribution in [0.25, 0.3) is 0 Å². The summed E-state index contributed by atoms with van der Waals surface area (Å²) >= 11 is 6.13. The van der Waals surface area contributed by atoms with Crippen molar-refractivity contribution in [3.05, 3.63) is 80.7 Å². The molecule has 170 valence electrons. The van der Waals surface area contributed by atoms with Gasteiger partial charge in [0.25, 0.3) is 17.4 Å². The minimum absolute atomic E-state index is 0.0592. The van der Waals surface area contributed by atoms with Crippen molar-refractivity contribution in [1.82, 2.24) is 14.9 Å². The molecule has 33 heavy (non-hydrogen) atoms. The molecular weight excluding hydrogens is 456 g/mol. The Morgan fingerprint density at radius 3 is 2.33 bits per heavy atom. The molecule has 1 aromatic carbocycles. The maximum absolute atomic E-state index is 13.1. The maximum atomic E-state index is 13.1. The lowest BCUT2D eigenvalue weighted by Crippen LogP contribution is -2.34. The number of aliphatic carboxylic acids is 1. The summed E-state index contributed by atoms with van der Waals surface area (Å²) in [6.07, 6.45) is 1.38. The number of nitrogens with one attached hydrogen (secondary N) is 2. The highest BCUT2D eigenvalue weighted by Gasteiger charge is 2.30. The van der Waals surface area contributed by atoms with Crippen LogP contribution in [0.4, 0.5) is 5.82 Å². The Morgan fingerprint density at radius 2 is 1.70 bits per heavy atom. The molecule has 0 saturated carbocycles. The molecule has 0 fully saturated rings. The highest BCUT2D eigenvalue weighted by molar-refractivity contribution is 6.31. The zero-order valence-corrected chi connectivity index (χ0v) is 17.5. The average molecular weight is 473 g/mol. The van der Waals surface area contributed by atoms with Crippen LogP contribution in [0.1, 0.15) is 26.3 Å². The van der Waals surface area contributed by atoms with Gasteiger partial charge >= 0.3 is 5.97 Å². The van der Waals surface area contributed by atoms with Crippen molar-refractivity contribution in [3.63, 3.8) is 0 Å². The van der Waals surface area contributed by atoms with E-state index in [-0.39, 0.29) is 17.4 Å². The molecule has 0 aliphatic rings. The van der Waals surface area contributed by atoms with E-state index in [0.717, 1.165) is 0 Å². The average Bonchev–Trinajstić information content (AvgIpc) is 2.77. The van der Waals surface area contributed by atoms with Gasteiger partial charge in [-0.05, 0) is 23.8 Å². The Bertz CT molecular complexity index is 1290. The Morgan fingerprint density at radius 1 is 1.00 bits per heavy atom. The standard InChI is InChI=1S/C21H17ClN4O7/c22-12-6-2-1-5-11(12)10-26-20(32)15(18(30)24-9-14(27)28)17(29)16(21(26)33)19(31)25-13-7-3-4-8-23-13/h1-8,29,32H,9-10H2,(H,24,30)(H,27,28)(H,23,25,31). The van der Waals surface area contributed by atoms with E-state index in [1.807, 2.05) is 5.32 Å². The molecule has 0 aliphatic heterocycles. The normalized spacial score (nSPS) is 10.5. The van der Waals surface area contributed by atoms with Crippen LogP contribution in [0.3, 0.4) is 0 Å². The summed E-state index contributed by atoms with van der Waals surface area (Å²) in [7, 11) is 0. The van der Waals surface area contributed by atoms with E-state index >= 15 is 0 Å². The Balaban J connectivity index is 2.16. The number of carbonyl (C=O) groups excluding carboxylic acids is 2. The molecule has 0 spiro atoms. The molecule has 0 unspecified atom stereocenters. The Labute approximate surface area is 190 Å². The first-order valence-electron chi connectivity index (χ1n) is 9.35. The number of aromatic hydroxyl groups is 2. The van der Waals surface area contributed by atoms with E-state index in [2.05, 4.69) is 10.3 Å². The highest BCUT2D eigenvalue weighted by atomic mass is 35.5. The molecule has 3 rings (SSSR count). The summed E-state index contributed by atoms with van der Waals surface area (Å²) in [6.45, 7) is -1.19. The Kier molecular flexibility index (Phi) is 6.94. The Hall–Kier alpha value is -4.38. The number of halogens is 1. The number of pyridine rings is 2. The molecule has 2 heterocycles. The molecule has 0 bridgehead atoms. The van der Waals surface area contributed by atoms with E-state index in [1.165, 1.54) is 18.3 Å². The van der Waals surface area contributed by atoms with Gasteiger partial charge in [-0.15, -0.1) is 0 Å². The van der Waals surface area contributed by atoms with Crippen LogP contribution in [0.5, 0.6) is 11.6 Å². The lowest BCUT2D eigenvalue weighted by molar-refractivity contribution is -0.135. The number of carboxylic acid groups (broad SMARTS) is 1. The van der Waals surface area contributed by atoms with Crippen molar-refractivity contribution in [2.45, 2.75) is 6.54 Å². The van der Waals surface area contributed by atoms with Gasteiger partial charge in [-0.2, -0.15) is 0 Å². The van der Waals surface area contributed by atoms with Crippen LogP contribution < -0.4 is 16.2 Å². The van der Waals surface area contributed by atoms with Crippen molar-refractivity contribution in [1.29, 1.82) is 0 Å². The van der Waals surface area contributed by atoms with Crippen molar-refractivity contribution in [3.8, 4) is 11.6 Å². The fraction of sp³-hybridized carbons (Fsp3) is 0.0952. The lowest BCUT2D eigenvalue weighted by atomic mass is 10.1. The van der Waals surface area contributed by atoms with Crippen molar-refractivity contribution >= 4 is 35.2 Å². The number of anilines is 1. The van der Waals surface area contributed by atoms with Gasteiger partial charge in [0.2, 0.25) is 5.88 Å². The third-order valence-electron chi connectivity index (χ3n) is 4.46. The highest BCUT2D eigenvalue weighted by Crippen LogP contribution is 2.30. The van der Waals surface area contributed by atoms with Gasteiger partial charge in [0.15, 0.2) is 5.75 Å². The monoisotopic (exact) mass is 472 g/mol. The second kappa shape index (κ2) is 9.83. The van der Waals surface area contributed by atoms with Crippen molar-refractivity contribution in [2.24, 2.45) is 0 Å². The largest absolute Gasteiger partial charge is 0.506 e. The number of benzene rings is 1. The number of amides is 2. The van der Waals surface area contributed by atoms with Gasteiger partial charge in [-0.1, -0.05) is 35.9 Å². The summed E-state index contributed by atoms with van der Waals surface area (Å²) < 4.78 is 0.671. The van der Waals surface area contributed by atoms with E-state index in [1.54, 1.807) is 30.3 Å². The van der Waals surface area contributed by atoms with Gasteiger partial charge in [-0.3, -0.25) is 23.7 Å². The maximum Gasteiger partial charge on any atom is 0.322 e. The second-order valence-corrected chi connectivity index (χ2v) is 7.06. The van der Waals surface area contributed by atoms with Crippen LogP contribution in [-0.2, 0) is 11.3 Å². The van der Waals surface area contributed by atoms with Gasteiger partial charge < -0.3 is 26.0 Å². The molecule has 2 amide bonds. The number of aromatic nitrogens is 2. The number of rotatable bonds is 7. The van der Waals surface area contributed by atoms with Crippen LogP contribution in [0.2, 0.25) is 5.02 Å². The van der Waals surface area contributed by atoms with Crippen LogP contribution in [-0.4, -0.2) is 49.2 Å². The molecule has 0 aliphatic carbocycles. The number of nitrogens with zero attached hydrogens (tertiary/aromatic N) is 2. The predicted molar refractivity (Wildman–Crippen MR) is 117 cm³/mol. The number of hydrogen-bond donors (Lipinski definition) is 5. The first-order valence-corrected chi connectivity index (χ1v) is 9.73. The third-order valence-corrected chi connectivity index (χ3v) is 4.83. The molecule has 11 nitrogen and oxygen atoms in total. The topological polar surface area (TPSA) is 171 Å². The molecule has 12 heteroatoms. The molecule has 5 N–H and O–H groups in total. The number of carbonyl (C=O) groups is 3. The van der Waals surface area contributed by atoms with E-state index in [4.69, 9.17) is 16.7 Å². The smallest absolute Gasteiger partial charge is 0.322 e. The van der Waals surface area contributed by atoms with Gasteiger partial charge in [0.1, 0.15) is 23.5 Å². The molecule has 2 aromatic heterocycles. The third kappa shape index (κ3) is 5.10. The fourth-order valence-electron chi connectivity index (χ4n) is 2.92. The summed E-state index contributed by atoms with van der Waals surface area (Å²) in [4.78, 5) is 53.1. The van der Waals surface area contributed by atoms with E-state index in [0.29, 0.717) is 10.1 Å². The van der Waals surface area contributed by atoms with Crippen LogP contribution in [0, 0.1) is 0 Å². The number of hydrogen-bond acceptors (Lipinski definition) is 7. The summed E-state index contributed by atoms with van der Waals surface area (Å²) in [5, 5.41) is 34.6. The van der Waals surface area contributed by atoms with Gasteiger partial charge in [0.05, 0.1) is 6.54 Å². The van der Waals surface area contributed by atoms with E-state index in [9.17, 15) is 29.4 Å². The minimum Gasteiger partial charge on any atom is -0.506 e. The van der Waals surface area contributed by atoms with E-state index < -0.39 is 52.6 Å². The second-order valence-electron chi connectivity index (χ2n) is 6.65. The number of carboxylic acids is 1. The summed E-state index contributed by atoms with van der Waals surface area (Å²) in [5.74, 6) is -5.74. The minimum atomic E-state index is -1.39. The predicted octanol–water partition coefficient (Wildman–Crippen LogP) is 1.42. The zero-order chi connectivity index (χ0) is 24.1. The molecule has 0 saturated heterocycles. The lowest BCUT2D eigenvalue weighted by Gasteiger charge is -2.17. The first-order chi connectivity index (χ1) is 15.7. The van der Waals surface area contributed by atoms with Gasteiger partial charge in [-0.25, -0.2) is 4.98 Å². The van der Waals surface area contributed by atoms with Crippen molar-refractivity contribution < 1.29 is 29.7 Å². The molecule has 0 radical (unpaired) electrons. The first kappa shape index (κ1) is 23.3. The molecule has 3 aromatic rings. The molecule has 0 atom stereocenters. The van der Waals surface area contributed by atoms with Crippen LogP contribution in [0.15, 0.2) is 53.5 Å². The zero-order valence-electron chi connectivity index (χ0n) is 16.8. The summed E-state index contributed by atoms with van der Waals surface area (Å²) in [5.41, 5.74) is -2.46. The van der Waals surface area contributed by atoms with Gasteiger partial charge in [0, 0.05) is 11.2 Å². The van der Waals surface area contributed by atoms with Crippen LogP contribution >= 0.6 is 11.6 Å². The van der Waals surface area contributed by atoms with Crippen molar-refractivity contribution in [2.75, 3.05) is 11.9 Å². The molecular formula is C21H17ClN4O7. The fourth-order valence-corrected chi connectivity index (χ4v) is 3.11.